The Bertz CT molecular complexity index is 656. The van der Waals surface area contributed by atoms with E-state index in [4.69, 9.17) is 9.47 Å². The van der Waals surface area contributed by atoms with Gasteiger partial charge in [0.25, 0.3) is 0 Å². The Labute approximate surface area is 138 Å². The van der Waals surface area contributed by atoms with Gasteiger partial charge in [-0.2, -0.15) is 0 Å². The fourth-order valence-corrected chi connectivity index (χ4v) is 3.41. The summed E-state index contributed by atoms with van der Waals surface area (Å²) in [4.78, 5) is 0. The van der Waals surface area contributed by atoms with Gasteiger partial charge in [0.2, 0.25) is 0 Å². The number of methoxy groups -OCH3 is 2. The van der Waals surface area contributed by atoms with Gasteiger partial charge in [0, 0.05) is 18.0 Å². The molecule has 2 unspecified atom stereocenters. The van der Waals surface area contributed by atoms with Crippen LogP contribution < -0.4 is 14.8 Å². The Morgan fingerprint density at radius 1 is 1.04 bits per heavy atom. The first-order chi connectivity index (χ1) is 11.2. The zero-order valence-corrected chi connectivity index (χ0v) is 14.1. The lowest BCUT2D eigenvalue weighted by Crippen LogP contribution is -2.31. The smallest absolute Gasteiger partial charge is 0.161 e. The van der Waals surface area contributed by atoms with E-state index in [0.29, 0.717) is 5.92 Å². The van der Waals surface area contributed by atoms with Gasteiger partial charge in [-0.1, -0.05) is 43.3 Å². The van der Waals surface area contributed by atoms with E-state index in [-0.39, 0.29) is 5.54 Å². The molecule has 0 saturated heterocycles. The van der Waals surface area contributed by atoms with Gasteiger partial charge in [-0.3, -0.25) is 0 Å². The Balaban J connectivity index is 1.68. The number of ether oxygens (including phenoxy) is 2. The van der Waals surface area contributed by atoms with Crippen LogP contribution in [0, 0.1) is 0 Å². The summed E-state index contributed by atoms with van der Waals surface area (Å²) in [5.41, 5.74) is 2.89. The van der Waals surface area contributed by atoms with Gasteiger partial charge in [0.05, 0.1) is 14.2 Å². The van der Waals surface area contributed by atoms with Gasteiger partial charge in [-0.15, -0.1) is 0 Å². The number of hydrogen-bond acceptors (Lipinski definition) is 3. The molecule has 2 aromatic carbocycles. The summed E-state index contributed by atoms with van der Waals surface area (Å²) in [5, 5.41) is 3.78. The lowest BCUT2D eigenvalue weighted by Gasteiger charge is -2.18. The Morgan fingerprint density at radius 2 is 1.78 bits per heavy atom. The van der Waals surface area contributed by atoms with Crippen molar-refractivity contribution in [2.24, 2.45) is 0 Å². The number of rotatable bonds is 7. The van der Waals surface area contributed by atoms with Gasteiger partial charge in [-0.05, 0) is 36.1 Å². The highest BCUT2D eigenvalue weighted by Crippen LogP contribution is 2.53. The maximum atomic E-state index is 5.39. The van der Waals surface area contributed by atoms with Crippen molar-refractivity contribution in [3.8, 4) is 11.5 Å². The molecule has 1 saturated carbocycles. The highest BCUT2D eigenvalue weighted by molar-refractivity contribution is 5.43. The zero-order valence-electron chi connectivity index (χ0n) is 14.1. The van der Waals surface area contributed by atoms with Crippen molar-refractivity contribution in [3.05, 3.63) is 59.7 Å². The van der Waals surface area contributed by atoms with E-state index in [0.717, 1.165) is 24.5 Å². The van der Waals surface area contributed by atoms with Crippen LogP contribution in [0.15, 0.2) is 48.5 Å². The van der Waals surface area contributed by atoms with Gasteiger partial charge in [-0.25, -0.2) is 0 Å². The minimum atomic E-state index is 0.231. The van der Waals surface area contributed by atoms with E-state index in [1.807, 2.05) is 6.07 Å². The summed E-state index contributed by atoms with van der Waals surface area (Å²) >= 11 is 0. The van der Waals surface area contributed by atoms with E-state index in [9.17, 15) is 0 Å². The molecule has 1 N–H and O–H groups in total. The first kappa shape index (κ1) is 15.9. The van der Waals surface area contributed by atoms with Crippen molar-refractivity contribution in [1.29, 1.82) is 0 Å². The molecule has 2 atom stereocenters. The largest absolute Gasteiger partial charge is 0.493 e. The number of hydrogen-bond donors (Lipinski definition) is 1. The maximum absolute atomic E-state index is 5.39. The lowest BCUT2D eigenvalue weighted by molar-refractivity contribution is 0.354. The van der Waals surface area contributed by atoms with Crippen LogP contribution in [0.25, 0.3) is 0 Å². The summed E-state index contributed by atoms with van der Waals surface area (Å²) in [6.45, 7) is 3.11. The van der Waals surface area contributed by atoms with Crippen molar-refractivity contribution in [3.63, 3.8) is 0 Å². The topological polar surface area (TPSA) is 30.5 Å². The van der Waals surface area contributed by atoms with Crippen molar-refractivity contribution in [2.45, 2.75) is 37.8 Å². The van der Waals surface area contributed by atoms with E-state index in [1.54, 1.807) is 14.2 Å². The molecule has 0 heterocycles. The number of benzene rings is 2. The van der Waals surface area contributed by atoms with Gasteiger partial charge in [0.15, 0.2) is 11.5 Å². The zero-order chi connectivity index (χ0) is 16.3. The van der Waals surface area contributed by atoms with Crippen LogP contribution in [0.2, 0.25) is 0 Å². The molecule has 0 amide bonds. The summed E-state index contributed by atoms with van der Waals surface area (Å²) in [6.07, 6.45) is 2.35. The van der Waals surface area contributed by atoms with E-state index >= 15 is 0 Å². The predicted octanol–water partition coefficient (Wildman–Crippen LogP) is 4.13. The lowest BCUT2D eigenvalue weighted by atomic mass is 10.0. The average Bonchev–Trinajstić information content (AvgIpc) is 3.35. The molecular formula is C20H25NO2. The van der Waals surface area contributed by atoms with E-state index < -0.39 is 0 Å². The molecule has 1 aliphatic carbocycles. The highest BCUT2D eigenvalue weighted by Gasteiger charge is 2.52. The third kappa shape index (κ3) is 3.20. The van der Waals surface area contributed by atoms with Crippen molar-refractivity contribution < 1.29 is 9.47 Å². The molecule has 3 rings (SSSR count). The molecule has 1 aliphatic rings. The summed E-state index contributed by atoms with van der Waals surface area (Å²) in [6, 6.07) is 16.9. The molecule has 0 spiro atoms. The summed E-state index contributed by atoms with van der Waals surface area (Å²) in [7, 11) is 3.34. The highest BCUT2D eigenvalue weighted by atomic mass is 16.5. The SMILES string of the molecule is CCC1(NCc2ccc(OC)c(OC)c2)CC1c1ccccc1. The molecular weight excluding hydrogens is 286 g/mol. The van der Waals surface area contributed by atoms with Crippen LogP contribution in [-0.4, -0.2) is 19.8 Å². The molecule has 1 fully saturated rings. The van der Waals surface area contributed by atoms with E-state index in [2.05, 4.69) is 54.7 Å². The van der Waals surface area contributed by atoms with Crippen LogP contribution in [0.3, 0.4) is 0 Å². The third-order valence-electron chi connectivity index (χ3n) is 5.00. The first-order valence-electron chi connectivity index (χ1n) is 8.23. The Kier molecular flexibility index (Phi) is 4.58. The predicted molar refractivity (Wildman–Crippen MR) is 93.2 cm³/mol. The first-order valence-corrected chi connectivity index (χ1v) is 8.23. The molecule has 3 heteroatoms. The molecule has 0 radical (unpaired) electrons. The fraction of sp³-hybridized carbons (Fsp3) is 0.400. The third-order valence-corrected chi connectivity index (χ3v) is 5.00. The van der Waals surface area contributed by atoms with E-state index in [1.165, 1.54) is 17.5 Å². The van der Waals surface area contributed by atoms with Gasteiger partial charge < -0.3 is 14.8 Å². The molecule has 23 heavy (non-hydrogen) atoms. The van der Waals surface area contributed by atoms with Crippen LogP contribution in [0.4, 0.5) is 0 Å². The maximum Gasteiger partial charge on any atom is 0.161 e. The number of nitrogens with one attached hydrogen (secondary N) is 1. The van der Waals surface area contributed by atoms with Crippen molar-refractivity contribution >= 4 is 0 Å². The summed E-state index contributed by atoms with van der Waals surface area (Å²) in [5.74, 6) is 2.18. The van der Waals surface area contributed by atoms with Crippen LogP contribution in [0.1, 0.15) is 36.8 Å². The molecule has 122 valence electrons. The molecule has 0 aliphatic heterocycles. The minimum absolute atomic E-state index is 0.231. The molecule has 3 nitrogen and oxygen atoms in total. The standard InChI is InChI=1S/C20H25NO2/c1-4-20(13-17(20)16-8-6-5-7-9-16)21-14-15-10-11-18(22-2)19(12-15)23-3/h5-12,17,21H,4,13-14H2,1-3H3. The molecule has 0 aromatic heterocycles. The van der Waals surface area contributed by atoms with Crippen LogP contribution >= 0.6 is 0 Å². The average molecular weight is 311 g/mol. The fourth-order valence-electron chi connectivity index (χ4n) is 3.41. The second-order valence-electron chi connectivity index (χ2n) is 6.22. The summed E-state index contributed by atoms with van der Waals surface area (Å²) < 4.78 is 10.7. The molecule has 2 aromatic rings. The normalized spacial score (nSPS) is 22.7. The Morgan fingerprint density at radius 3 is 2.43 bits per heavy atom. The van der Waals surface area contributed by atoms with Gasteiger partial charge in [0.1, 0.15) is 0 Å². The minimum Gasteiger partial charge on any atom is -0.493 e. The second kappa shape index (κ2) is 6.63. The van der Waals surface area contributed by atoms with Gasteiger partial charge >= 0.3 is 0 Å². The monoisotopic (exact) mass is 311 g/mol. The quantitative estimate of drug-likeness (QED) is 0.834. The van der Waals surface area contributed by atoms with Crippen molar-refractivity contribution in [2.75, 3.05) is 14.2 Å². The van der Waals surface area contributed by atoms with Crippen LogP contribution in [0.5, 0.6) is 11.5 Å². The molecule has 0 bridgehead atoms. The second-order valence-corrected chi connectivity index (χ2v) is 6.22. The van der Waals surface area contributed by atoms with Crippen LogP contribution in [-0.2, 0) is 6.54 Å². The van der Waals surface area contributed by atoms with Crippen molar-refractivity contribution in [1.82, 2.24) is 5.32 Å². The Hall–Kier alpha value is -2.00.